The van der Waals surface area contributed by atoms with Gasteiger partial charge >= 0.3 is 0 Å². The first-order valence-corrected chi connectivity index (χ1v) is 5.13. The van der Waals surface area contributed by atoms with Crippen LogP contribution in [0.3, 0.4) is 0 Å². The highest BCUT2D eigenvalue weighted by Crippen LogP contribution is 2.17. The number of nitrogens with zero attached hydrogens (tertiary/aromatic N) is 2. The molecule has 0 spiro atoms. The van der Waals surface area contributed by atoms with Gasteiger partial charge in [-0.3, -0.25) is 0 Å². The SMILES string of the molecule is CCC(CCO)Nc1ncnc(N)c1C. The fraction of sp³-hybridized carbons (Fsp3) is 0.600. The zero-order valence-electron chi connectivity index (χ0n) is 9.20. The second-order valence-electron chi connectivity index (χ2n) is 3.49. The number of aromatic nitrogens is 2. The Bertz CT molecular complexity index is 316. The Labute approximate surface area is 89.7 Å². The molecular formula is C10H18N4O. The van der Waals surface area contributed by atoms with Crippen LogP contribution in [0.2, 0.25) is 0 Å². The predicted octanol–water partition coefficient (Wildman–Crippen LogP) is 0.940. The molecule has 1 aromatic heterocycles. The number of hydrogen-bond donors (Lipinski definition) is 3. The van der Waals surface area contributed by atoms with Crippen LogP contribution in [0.1, 0.15) is 25.3 Å². The number of nitrogens with two attached hydrogens (primary N) is 1. The molecule has 0 aliphatic carbocycles. The van der Waals surface area contributed by atoms with Crippen LogP contribution in [0.25, 0.3) is 0 Å². The van der Waals surface area contributed by atoms with Gasteiger partial charge in [-0.2, -0.15) is 0 Å². The quantitative estimate of drug-likeness (QED) is 0.673. The molecule has 0 fully saturated rings. The Balaban J connectivity index is 2.74. The van der Waals surface area contributed by atoms with Crippen LogP contribution in [0.15, 0.2) is 6.33 Å². The smallest absolute Gasteiger partial charge is 0.134 e. The Kier molecular flexibility index (Phi) is 4.30. The minimum absolute atomic E-state index is 0.172. The number of hydrogen-bond acceptors (Lipinski definition) is 5. The molecule has 0 saturated heterocycles. The summed E-state index contributed by atoms with van der Waals surface area (Å²) in [5, 5.41) is 12.1. The summed E-state index contributed by atoms with van der Waals surface area (Å²) >= 11 is 0. The summed E-state index contributed by atoms with van der Waals surface area (Å²) in [6.45, 7) is 4.11. The summed E-state index contributed by atoms with van der Waals surface area (Å²) in [5.74, 6) is 1.24. The van der Waals surface area contributed by atoms with Crippen molar-refractivity contribution in [3.8, 4) is 0 Å². The molecule has 15 heavy (non-hydrogen) atoms. The molecule has 0 bridgehead atoms. The highest BCUT2D eigenvalue weighted by atomic mass is 16.3. The van der Waals surface area contributed by atoms with Crippen molar-refractivity contribution in [1.29, 1.82) is 0 Å². The van der Waals surface area contributed by atoms with Gasteiger partial charge in [-0.15, -0.1) is 0 Å². The maximum Gasteiger partial charge on any atom is 0.134 e. The van der Waals surface area contributed by atoms with E-state index in [0.717, 1.165) is 17.8 Å². The first-order chi connectivity index (χ1) is 7.19. The summed E-state index contributed by atoms with van der Waals surface area (Å²) < 4.78 is 0. The van der Waals surface area contributed by atoms with Crippen LogP contribution >= 0.6 is 0 Å². The van der Waals surface area contributed by atoms with Gasteiger partial charge in [0.15, 0.2) is 0 Å². The predicted molar refractivity (Wildman–Crippen MR) is 60.6 cm³/mol. The van der Waals surface area contributed by atoms with Crippen molar-refractivity contribution in [2.24, 2.45) is 0 Å². The molecular weight excluding hydrogens is 192 g/mol. The molecule has 0 aliphatic heterocycles. The molecule has 1 heterocycles. The molecule has 0 aliphatic rings. The first kappa shape index (κ1) is 11.7. The van der Waals surface area contributed by atoms with Crippen LogP contribution in [0, 0.1) is 6.92 Å². The van der Waals surface area contributed by atoms with Crippen molar-refractivity contribution in [3.05, 3.63) is 11.9 Å². The van der Waals surface area contributed by atoms with Gasteiger partial charge in [-0.05, 0) is 19.8 Å². The van der Waals surface area contributed by atoms with Crippen molar-refractivity contribution in [1.82, 2.24) is 9.97 Å². The summed E-state index contributed by atoms with van der Waals surface area (Å²) in [5.41, 5.74) is 6.53. The lowest BCUT2D eigenvalue weighted by Gasteiger charge is -2.17. The van der Waals surface area contributed by atoms with Gasteiger partial charge in [0.1, 0.15) is 18.0 Å². The average molecular weight is 210 g/mol. The van der Waals surface area contributed by atoms with Crippen LogP contribution in [0.5, 0.6) is 0 Å². The van der Waals surface area contributed by atoms with Crippen molar-refractivity contribution >= 4 is 11.6 Å². The third-order valence-electron chi connectivity index (χ3n) is 2.43. The molecule has 5 nitrogen and oxygen atoms in total. The fourth-order valence-corrected chi connectivity index (χ4v) is 1.34. The van der Waals surface area contributed by atoms with Gasteiger partial charge < -0.3 is 16.2 Å². The van der Waals surface area contributed by atoms with Gasteiger partial charge in [0.05, 0.1) is 0 Å². The van der Waals surface area contributed by atoms with Crippen LogP contribution in [0.4, 0.5) is 11.6 Å². The van der Waals surface area contributed by atoms with Gasteiger partial charge in [-0.25, -0.2) is 9.97 Å². The maximum absolute atomic E-state index is 8.87. The molecule has 0 amide bonds. The Hall–Kier alpha value is -1.36. The fourth-order valence-electron chi connectivity index (χ4n) is 1.34. The van der Waals surface area contributed by atoms with Crippen molar-refractivity contribution < 1.29 is 5.11 Å². The number of nitrogens with one attached hydrogen (secondary N) is 1. The summed E-state index contributed by atoms with van der Waals surface area (Å²) in [6.07, 6.45) is 3.08. The second kappa shape index (κ2) is 5.50. The number of nitrogen functional groups attached to an aromatic ring is 1. The third-order valence-corrected chi connectivity index (χ3v) is 2.43. The normalized spacial score (nSPS) is 12.5. The Morgan fingerprint density at radius 3 is 2.87 bits per heavy atom. The third kappa shape index (κ3) is 3.06. The van der Waals surface area contributed by atoms with E-state index in [0.29, 0.717) is 12.2 Å². The molecule has 1 unspecified atom stereocenters. The van der Waals surface area contributed by atoms with Crippen LogP contribution < -0.4 is 11.1 Å². The molecule has 1 aromatic rings. The zero-order chi connectivity index (χ0) is 11.3. The van der Waals surface area contributed by atoms with Crippen LogP contribution in [-0.2, 0) is 0 Å². The van der Waals surface area contributed by atoms with Gasteiger partial charge in [0.2, 0.25) is 0 Å². The molecule has 84 valence electrons. The molecule has 0 saturated carbocycles. The van der Waals surface area contributed by atoms with Crippen molar-refractivity contribution in [2.75, 3.05) is 17.7 Å². The van der Waals surface area contributed by atoms with Gasteiger partial charge in [-0.1, -0.05) is 6.92 Å². The van der Waals surface area contributed by atoms with E-state index in [2.05, 4.69) is 22.2 Å². The Morgan fingerprint density at radius 1 is 1.53 bits per heavy atom. The summed E-state index contributed by atoms with van der Waals surface area (Å²) in [4.78, 5) is 8.02. The topological polar surface area (TPSA) is 84.1 Å². The van der Waals surface area contributed by atoms with Gasteiger partial charge in [0.25, 0.3) is 0 Å². The van der Waals surface area contributed by atoms with E-state index in [9.17, 15) is 0 Å². The minimum atomic E-state index is 0.172. The molecule has 4 N–H and O–H groups in total. The monoisotopic (exact) mass is 210 g/mol. The number of aliphatic hydroxyl groups excluding tert-OH is 1. The second-order valence-corrected chi connectivity index (χ2v) is 3.49. The molecule has 5 heteroatoms. The average Bonchev–Trinajstić information content (AvgIpc) is 2.24. The van der Waals surface area contributed by atoms with Crippen molar-refractivity contribution in [3.63, 3.8) is 0 Å². The summed E-state index contributed by atoms with van der Waals surface area (Å²) in [6, 6.07) is 0.225. The standard InChI is InChI=1S/C10H18N4O/c1-3-8(4-5-15)14-10-7(2)9(11)12-6-13-10/h6,8,15H,3-5H2,1-2H3,(H3,11,12,13,14). The van der Waals surface area contributed by atoms with E-state index >= 15 is 0 Å². The zero-order valence-corrected chi connectivity index (χ0v) is 9.20. The first-order valence-electron chi connectivity index (χ1n) is 5.13. The molecule has 1 atom stereocenters. The van der Waals surface area contributed by atoms with Gasteiger partial charge in [0, 0.05) is 18.2 Å². The number of rotatable bonds is 5. The highest BCUT2D eigenvalue weighted by Gasteiger charge is 2.09. The lowest BCUT2D eigenvalue weighted by atomic mass is 10.1. The van der Waals surface area contributed by atoms with E-state index in [-0.39, 0.29) is 12.6 Å². The van der Waals surface area contributed by atoms with Crippen LogP contribution in [-0.4, -0.2) is 27.7 Å². The minimum Gasteiger partial charge on any atom is -0.396 e. The van der Waals surface area contributed by atoms with E-state index in [1.165, 1.54) is 6.33 Å². The molecule has 0 aromatic carbocycles. The highest BCUT2D eigenvalue weighted by molar-refractivity contribution is 5.54. The van der Waals surface area contributed by atoms with Crippen molar-refractivity contribution in [2.45, 2.75) is 32.7 Å². The number of anilines is 2. The maximum atomic E-state index is 8.87. The summed E-state index contributed by atoms with van der Waals surface area (Å²) in [7, 11) is 0. The van der Waals surface area contributed by atoms with E-state index in [1.807, 2.05) is 6.92 Å². The lowest BCUT2D eigenvalue weighted by molar-refractivity contribution is 0.278. The molecule has 0 radical (unpaired) electrons. The largest absolute Gasteiger partial charge is 0.396 e. The molecule has 1 rings (SSSR count). The van der Waals surface area contributed by atoms with E-state index in [1.54, 1.807) is 0 Å². The lowest BCUT2D eigenvalue weighted by Crippen LogP contribution is -2.21. The van der Waals surface area contributed by atoms with E-state index < -0.39 is 0 Å². The van der Waals surface area contributed by atoms with E-state index in [4.69, 9.17) is 10.8 Å². The number of aliphatic hydroxyl groups is 1. The Morgan fingerprint density at radius 2 is 2.27 bits per heavy atom.